The number of hydrogen-bond donors (Lipinski definition) is 1. The maximum absolute atomic E-state index is 12.6. The third-order valence-electron chi connectivity index (χ3n) is 3.85. The molecule has 0 atom stereocenters. The largest absolute Gasteiger partial charge is 0.359 e. The molecule has 0 radical (unpaired) electrons. The smallest absolute Gasteiger partial charge is 0.265 e. The van der Waals surface area contributed by atoms with Crippen LogP contribution >= 0.6 is 0 Å². The molecule has 2 heterocycles. The van der Waals surface area contributed by atoms with E-state index in [1.54, 1.807) is 24.9 Å². The van der Waals surface area contributed by atoms with Crippen LogP contribution in [0.5, 0.6) is 0 Å². The summed E-state index contributed by atoms with van der Waals surface area (Å²) in [6.45, 7) is 1.66. The first-order chi connectivity index (χ1) is 9.97. The van der Waals surface area contributed by atoms with Gasteiger partial charge in [-0.05, 0) is 19.8 Å². The number of rotatable bonds is 4. The Morgan fingerprint density at radius 1 is 1.38 bits per heavy atom. The van der Waals surface area contributed by atoms with Gasteiger partial charge in [-0.15, -0.1) is 0 Å². The maximum atomic E-state index is 12.6. The lowest BCUT2D eigenvalue weighted by Gasteiger charge is -2.10. The molecule has 1 fully saturated rings. The lowest BCUT2D eigenvalue weighted by Crippen LogP contribution is -2.15. The van der Waals surface area contributed by atoms with Crippen LogP contribution in [0.3, 0.4) is 0 Å². The zero-order valence-corrected chi connectivity index (χ0v) is 12.9. The van der Waals surface area contributed by atoms with Crippen LogP contribution in [0.4, 0.5) is 5.69 Å². The molecule has 2 aromatic rings. The topological polar surface area (TPSA) is 90.0 Å². The van der Waals surface area contributed by atoms with E-state index in [1.807, 2.05) is 0 Å². The van der Waals surface area contributed by atoms with Crippen molar-refractivity contribution in [3.05, 3.63) is 23.8 Å². The van der Waals surface area contributed by atoms with Crippen LogP contribution in [-0.2, 0) is 17.1 Å². The van der Waals surface area contributed by atoms with Gasteiger partial charge >= 0.3 is 0 Å². The summed E-state index contributed by atoms with van der Waals surface area (Å²) in [6.07, 6.45) is 7.15. The summed E-state index contributed by atoms with van der Waals surface area (Å²) in [5, 5.41) is 7.95. The molecule has 21 heavy (non-hydrogen) atoms. The van der Waals surface area contributed by atoms with Crippen molar-refractivity contribution in [2.45, 2.75) is 43.4 Å². The molecule has 1 aliphatic rings. The second kappa shape index (κ2) is 5.18. The van der Waals surface area contributed by atoms with Crippen molar-refractivity contribution in [1.82, 2.24) is 14.9 Å². The average Bonchev–Trinajstić information content (AvgIpc) is 3.11. The molecule has 0 bridgehead atoms. The predicted octanol–water partition coefficient (Wildman–Crippen LogP) is 2.17. The lowest BCUT2D eigenvalue weighted by atomic mass is 10.1. The van der Waals surface area contributed by atoms with Gasteiger partial charge in [-0.3, -0.25) is 9.40 Å². The Balaban J connectivity index is 1.97. The van der Waals surface area contributed by atoms with Crippen molar-refractivity contribution in [2.24, 2.45) is 7.05 Å². The van der Waals surface area contributed by atoms with Crippen molar-refractivity contribution in [2.75, 3.05) is 4.72 Å². The number of anilines is 1. The molecule has 114 valence electrons. The van der Waals surface area contributed by atoms with Crippen molar-refractivity contribution in [3.8, 4) is 0 Å². The van der Waals surface area contributed by atoms with Crippen molar-refractivity contribution in [3.63, 3.8) is 0 Å². The molecule has 0 amide bonds. The zero-order chi connectivity index (χ0) is 15.0. The highest BCUT2D eigenvalue weighted by Crippen LogP contribution is 2.36. The van der Waals surface area contributed by atoms with Crippen LogP contribution in [0.1, 0.15) is 43.1 Å². The van der Waals surface area contributed by atoms with Gasteiger partial charge in [-0.1, -0.05) is 18.0 Å². The Morgan fingerprint density at radius 2 is 2.10 bits per heavy atom. The van der Waals surface area contributed by atoms with E-state index in [9.17, 15) is 8.42 Å². The minimum Gasteiger partial charge on any atom is -0.359 e. The summed E-state index contributed by atoms with van der Waals surface area (Å²) in [5.74, 6) is 0.659. The van der Waals surface area contributed by atoms with Gasteiger partial charge in [0.2, 0.25) is 0 Å². The first-order valence-corrected chi connectivity index (χ1v) is 8.43. The number of sulfonamides is 1. The Morgan fingerprint density at radius 3 is 2.71 bits per heavy atom. The van der Waals surface area contributed by atoms with E-state index < -0.39 is 10.0 Å². The van der Waals surface area contributed by atoms with Crippen LogP contribution in [0.2, 0.25) is 0 Å². The van der Waals surface area contributed by atoms with Gasteiger partial charge in [0.25, 0.3) is 10.0 Å². The fraction of sp³-hybridized carbons (Fsp3) is 0.538. The molecule has 7 nitrogen and oxygen atoms in total. The molecular weight excluding hydrogens is 292 g/mol. The van der Waals surface area contributed by atoms with Gasteiger partial charge in [0.1, 0.15) is 10.6 Å². The summed E-state index contributed by atoms with van der Waals surface area (Å²) >= 11 is 0. The van der Waals surface area contributed by atoms with E-state index in [4.69, 9.17) is 4.52 Å². The molecule has 1 aliphatic carbocycles. The third-order valence-corrected chi connectivity index (χ3v) is 5.23. The van der Waals surface area contributed by atoms with E-state index >= 15 is 0 Å². The van der Waals surface area contributed by atoms with E-state index in [0.717, 1.165) is 25.7 Å². The summed E-state index contributed by atoms with van der Waals surface area (Å²) in [4.78, 5) is 0.248. The van der Waals surface area contributed by atoms with Gasteiger partial charge < -0.3 is 4.52 Å². The van der Waals surface area contributed by atoms with Gasteiger partial charge in [0.05, 0.1) is 11.9 Å². The highest BCUT2D eigenvalue weighted by atomic mass is 32.2. The fourth-order valence-corrected chi connectivity index (χ4v) is 4.14. The Bertz CT molecular complexity index is 741. The van der Waals surface area contributed by atoms with Crippen molar-refractivity contribution >= 4 is 15.7 Å². The SMILES string of the molecule is Cc1oncc1NS(=O)(=O)c1cn(C)nc1C1CCCC1. The number of nitrogens with zero attached hydrogens (tertiary/aromatic N) is 3. The van der Waals surface area contributed by atoms with Crippen LogP contribution in [-0.4, -0.2) is 23.4 Å². The lowest BCUT2D eigenvalue weighted by molar-refractivity contribution is 0.398. The molecule has 0 saturated heterocycles. The quantitative estimate of drug-likeness (QED) is 0.934. The van der Waals surface area contributed by atoms with E-state index in [2.05, 4.69) is 15.0 Å². The second-order valence-corrected chi connectivity index (χ2v) is 7.09. The number of nitrogens with one attached hydrogen (secondary N) is 1. The fourth-order valence-electron chi connectivity index (χ4n) is 2.77. The van der Waals surface area contributed by atoms with Gasteiger partial charge in [-0.25, -0.2) is 8.42 Å². The normalized spacial score (nSPS) is 16.5. The van der Waals surface area contributed by atoms with Gasteiger partial charge in [0.15, 0.2) is 5.76 Å². The maximum Gasteiger partial charge on any atom is 0.265 e. The van der Waals surface area contributed by atoms with Gasteiger partial charge in [0, 0.05) is 19.2 Å². The zero-order valence-electron chi connectivity index (χ0n) is 12.0. The summed E-state index contributed by atoms with van der Waals surface area (Å²) in [5.41, 5.74) is 1.02. The molecule has 8 heteroatoms. The Hall–Kier alpha value is -1.83. The van der Waals surface area contributed by atoms with Crippen LogP contribution < -0.4 is 4.72 Å². The molecular formula is C13H18N4O3S. The van der Waals surface area contributed by atoms with E-state index in [0.29, 0.717) is 17.1 Å². The van der Waals surface area contributed by atoms with E-state index in [1.165, 1.54) is 6.20 Å². The van der Waals surface area contributed by atoms with Gasteiger partial charge in [-0.2, -0.15) is 5.10 Å². The third kappa shape index (κ3) is 2.67. The highest BCUT2D eigenvalue weighted by molar-refractivity contribution is 7.92. The highest BCUT2D eigenvalue weighted by Gasteiger charge is 2.29. The molecule has 0 aliphatic heterocycles. The standard InChI is InChI=1S/C13H18N4O3S/c1-9-11(7-14-20-9)16-21(18,19)12-8-17(2)15-13(12)10-5-3-4-6-10/h7-8,10,16H,3-6H2,1-2H3. The average molecular weight is 310 g/mol. The molecule has 0 spiro atoms. The second-order valence-electron chi connectivity index (χ2n) is 5.43. The minimum absolute atomic E-state index is 0.223. The van der Waals surface area contributed by atoms with Crippen molar-refractivity contribution < 1.29 is 12.9 Å². The first-order valence-electron chi connectivity index (χ1n) is 6.95. The number of hydrogen-bond acceptors (Lipinski definition) is 5. The predicted molar refractivity (Wildman–Crippen MR) is 76.5 cm³/mol. The summed E-state index contributed by atoms with van der Waals surface area (Å²) in [7, 11) is -1.95. The molecule has 1 saturated carbocycles. The van der Waals surface area contributed by atoms with Crippen molar-refractivity contribution in [1.29, 1.82) is 0 Å². The Kier molecular flexibility index (Phi) is 3.48. The summed E-state index contributed by atoms with van der Waals surface area (Å²) in [6, 6.07) is 0. The first kappa shape index (κ1) is 14.1. The van der Waals surface area contributed by atoms with Crippen LogP contribution in [0.25, 0.3) is 0 Å². The molecule has 3 rings (SSSR count). The molecule has 2 aromatic heterocycles. The minimum atomic E-state index is -3.69. The van der Waals surface area contributed by atoms with Crippen LogP contribution in [0.15, 0.2) is 21.8 Å². The number of aryl methyl sites for hydroxylation is 2. The Labute approximate surface area is 123 Å². The van der Waals surface area contributed by atoms with Crippen LogP contribution in [0, 0.1) is 6.92 Å². The summed E-state index contributed by atoms with van der Waals surface area (Å²) < 4.78 is 34.2. The number of aromatic nitrogens is 3. The monoisotopic (exact) mass is 310 g/mol. The van der Waals surface area contributed by atoms with E-state index in [-0.39, 0.29) is 10.8 Å². The molecule has 1 N–H and O–H groups in total. The molecule has 0 aromatic carbocycles. The molecule has 0 unspecified atom stereocenters.